The maximum Gasteiger partial charge on any atom is 0.417 e. The van der Waals surface area contributed by atoms with Gasteiger partial charge in [0.1, 0.15) is 0 Å². The molecule has 4 nitrogen and oxygen atoms in total. The van der Waals surface area contributed by atoms with Crippen LogP contribution in [0.2, 0.25) is 0 Å². The topological polar surface area (TPSA) is 52.6 Å². The van der Waals surface area contributed by atoms with Crippen molar-refractivity contribution in [3.63, 3.8) is 0 Å². The van der Waals surface area contributed by atoms with Crippen LogP contribution in [0.4, 0.5) is 18.9 Å². The lowest BCUT2D eigenvalue weighted by Gasteiger charge is -2.19. The Kier molecular flexibility index (Phi) is 5.60. The molecule has 0 spiro atoms. The number of hydrogen-bond donors (Lipinski definition) is 2. The number of benzene rings is 1. The number of carboxylic acid groups (broad SMARTS) is 1. The maximum atomic E-state index is 12.7. The highest BCUT2D eigenvalue weighted by Crippen LogP contribution is 2.33. The van der Waals surface area contributed by atoms with Gasteiger partial charge < -0.3 is 15.3 Å². The van der Waals surface area contributed by atoms with Crippen molar-refractivity contribution in [1.82, 2.24) is 4.90 Å². The first-order chi connectivity index (χ1) is 9.61. The van der Waals surface area contributed by atoms with Gasteiger partial charge in [-0.3, -0.25) is 0 Å². The van der Waals surface area contributed by atoms with Crippen molar-refractivity contribution in [2.75, 3.05) is 26.0 Å². The molecule has 2 N–H and O–H groups in total. The minimum Gasteiger partial charge on any atom is -0.478 e. The van der Waals surface area contributed by atoms with Crippen molar-refractivity contribution in [2.45, 2.75) is 25.6 Å². The Hall–Kier alpha value is -1.76. The van der Waals surface area contributed by atoms with Crippen LogP contribution in [0.3, 0.4) is 0 Å². The zero-order chi connectivity index (χ0) is 16.2. The Morgan fingerprint density at radius 2 is 2.00 bits per heavy atom. The second-order valence-corrected chi connectivity index (χ2v) is 5.20. The van der Waals surface area contributed by atoms with Gasteiger partial charge in [0.25, 0.3) is 0 Å². The average Bonchev–Trinajstić information content (AvgIpc) is 2.34. The van der Waals surface area contributed by atoms with E-state index in [0.717, 1.165) is 25.1 Å². The smallest absolute Gasteiger partial charge is 0.417 e. The van der Waals surface area contributed by atoms with Crippen LogP contribution in [0.5, 0.6) is 0 Å². The van der Waals surface area contributed by atoms with E-state index in [9.17, 15) is 18.0 Å². The molecule has 1 unspecified atom stereocenters. The summed E-state index contributed by atoms with van der Waals surface area (Å²) in [5, 5.41) is 11.9. The van der Waals surface area contributed by atoms with E-state index in [1.54, 1.807) is 0 Å². The standard InChI is InChI=1S/C14H19F3N2O2/c1-9(6-7-19(2)3)18-10-4-5-12(14(15,16)17)11(8-10)13(20)21/h4-5,8-9,18H,6-7H2,1-3H3,(H,20,21). The van der Waals surface area contributed by atoms with Gasteiger partial charge >= 0.3 is 12.1 Å². The number of nitrogens with one attached hydrogen (secondary N) is 1. The van der Waals surface area contributed by atoms with Crippen LogP contribution in [0.25, 0.3) is 0 Å². The molecule has 0 aliphatic rings. The Balaban J connectivity index is 2.91. The van der Waals surface area contributed by atoms with Gasteiger partial charge in [-0.05, 0) is 52.2 Å². The highest BCUT2D eigenvalue weighted by Gasteiger charge is 2.35. The summed E-state index contributed by atoms with van der Waals surface area (Å²) in [5.74, 6) is -1.59. The molecule has 0 fully saturated rings. The van der Waals surface area contributed by atoms with E-state index < -0.39 is 23.3 Å². The maximum absolute atomic E-state index is 12.7. The molecule has 0 bridgehead atoms. The van der Waals surface area contributed by atoms with Crippen LogP contribution in [-0.4, -0.2) is 42.7 Å². The Morgan fingerprint density at radius 3 is 2.48 bits per heavy atom. The van der Waals surface area contributed by atoms with Gasteiger partial charge in [0.05, 0.1) is 11.1 Å². The molecule has 0 amide bonds. The molecule has 0 aliphatic heterocycles. The lowest BCUT2D eigenvalue weighted by Crippen LogP contribution is -2.23. The van der Waals surface area contributed by atoms with E-state index in [4.69, 9.17) is 5.11 Å². The van der Waals surface area contributed by atoms with E-state index in [2.05, 4.69) is 5.32 Å². The van der Waals surface area contributed by atoms with Crippen molar-refractivity contribution in [3.8, 4) is 0 Å². The predicted molar refractivity (Wildman–Crippen MR) is 74.7 cm³/mol. The fourth-order valence-electron chi connectivity index (χ4n) is 1.87. The first-order valence-electron chi connectivity index (χ1n) is 6.47. The molecule has 118 valence electrons. The largest absolute Gasteiger partial charge is 0.478 e. The minimum absolute atomic E-state index is 0.0192. The molecule has 0 heterocycles. The van der Waals surface area contributed by atoms with Crippen LogP contribution >= 0.6 is 0 Å². The molecule has 1 aromatic rings. The number of hydrogen-bond acceptors (Lipinski definition) is 3. The molecular weight excluding hydrogens is 285 g/mol. The minimum atomic E-state index is -4.68. The SMILES string of the molecule is CC(CCN(C)C)Nc1ccc(C(F)(F)F)c(C(=O)O)c1. The molecule has 0 aromatic heterocycles. The van der Waals surface area contributed by atoms with Gasteiger partial charge in [0.15, 0.2) is 0 Å². The first-order valence-corrected chi connectivity index (χ1v) is 6.47. The van der Waals surface area contributed by atoms with E-state index in [1.807, 2.05) is 25.9 Å². The number of carbonyl (C=O) groups is 1. The summed E-state index contributed by atoms with van der Waals surface area (Å²) < 4.78 is 38.2. The van der Waals surface area contributed by atoms with E-state index in [0.29, 0.717) is 5.69 Å². The summed E-state index contributed by atoms with van der Waals surface area (Å²) >= 11 is 0. The first kappa shape index (κ1) is 17.3. The van der Waals surface area contributed by atoms with Crippen LogP contribution in [0.1, 0.15) is 29.3 Å². The lowest BCUT2D eigenvalue weighted by molar-refractivity contribution is -0.138. The number of carboxylic acids is 1. The third-order valence-electron chi connectivity index (χ3n) is 2.98. The second kappa shape index (κ2) is 6.80. The predicted octanol–water partition coefficient (Wildman–Crippen LogP) is 3.16. The number of alkyl halides is 3. The molecule has 1 aromatic carbocycles. The van der Waals surface area contributed by atoms with Gasteiger partial charge in [-0.1, -0.05) is 0 Å². The van der Waals surface area contributed by atoms with Crippen LogP contribution in [0.15, 0.2) is 18.2 Å². The molecule has 0 radical (unpaired) electrons. The highest BCUT2D eigenvalue weighted by molar-refractivity contribution is 5.91. The normalized spacial score (nSPS) is 13.3. The molecule has 0 saturated carbocycles. The number of aromatic carboxylic acids is 1. The molecule has 1 atom stereocenters. The number of nitrogens with zero attached hydrogens (tertiary/aromatic N) is 1. The molecule has 7 heteroatoms. The third-order valence-corrected chi connectivity index (χ3v) is 2.98. The number of halogens is 3. The quantitative estimate of drug-likeness (QED) is 0.847. The highest BCUT2D eigenvalue weighted by atomic mass is 19.4. The van der Waals surface area contributed by atoms with Crippen molar-refractivity contribution in [3.05, 3.63) is 29.3 Å². The fourth-order valence-corrected chi connectivity index (χ4v) is 1.87. The summed E-state index contributed by atoms with van der Waals surface area (Å²) in [6.45, 7) is 2.71. The van der Waals surface area contributed by atoms with Gasteiger partial charge in [-0.25, -0.2) is 4.79 Å². The summed E-state index contributed by atoms with van der Waals surface area (Å²) in [6, 6.07) is 3.09. The molecule has 1 rings (SSSR count). The fraction of sp³-hybridized carbons (Fsp3) is 0.500. The average molecular weight is 304 g/mol. The van der Waals surface area contributed by atoms with Gasteiger partial charge in [0.2, 0.25) is 0 Å². The number of anilines is 1. The summed E-state index contributed by atoms with van der Waals surface area (Å²) in [5.41, 5.74) is -1.51. The van der Waals surface area contributed by atoms with Gasteiger partial charge in [-0.15, -0.1) is 0 Å². The zero-order valence-corrected chi connectivity index (χ0v) is 12.2. The van der Waals surface area contributed by atoms with Crippen LogP contribution in [-0.2, 0) is 6.18 Å². The zero-order valence-electron chi connectivity index (χ0n) is 12.2. The summed E-state index contributed by atoms with van der Waals surface area (Å²) in [4.78, 5) is 13.0. The van der Waals surface area contributed by atoms with Crippen molar-refractivity contribution < 1.29 is 23.1 Å². The third kappa shape index (κ3) is 5.26. The summed E-state index contributed by atoms with van der Waals surface area (Å²) in [7, 11) is 3.85. The van der Waals surface area contributed by atoms with E-state index >= 15 is 0 Å². The van der Waals surface area contributed by atoms with Gasteiger partial charge in [-0.2, -0.15) is 13.2 Å². The number of rotatable bonds is 6. The summed E-state index contributed by atoms with van der Waals surface area (Å²) in [6.07, 6.45) is -3.89. The second-order valence-electron chi connectivity index (χ2n) is 5.20. The molecular formula is C14H19F3N2O2. The molecule has 0 aliphatic carbocycles. The lowest BCUT2D eigenvalue weighted by atomic mass is 10.1. The Morgan fingerprint density at radius 1 is 1.38 bits per heavy atom. The van der Waals surface area contributed by atoms with E-state index in [-0.39, 0.29) is 6.04 Å². The van der Waals surface area contributed by atoms with Crippen molar-refractivity contribution >= 4 is 11.7 Å². The van der Waals surface area contributed by atoms with Crippen LogP contribution < -0.4 is 5.32 Å². The van der Waals surface area contributed by atoms with Crippen LogP contribution in [0, 0.1) is 0 Å². The van der Waals surface area contributed by atoms with E-state index in [1.165, 1.54) is 6.07 Å². The molecule has 0 saturated heterocycles. The monoisotopic (exact) mass is 304 g/mol. The van der Waals surface area contributed by atoms with Gasteiger partial charge in [0, 0.05) is 11.7 Å². The van der Waals surface area contributed by atoms with Crippen molar-refractivity contribution in [2.24, 2.45) is 0 Å². The van der Waals surface area contributed by atoms with Crippen molar-refractivity contribution in [1.29, 1.82) is 0 Å². The Bertz CT molecular complexity index is 501. The molecule has 21 heavy (non-hydrogen) atoms. The Labute approximate surface area is 121 Å².